The van der Waals surface area contributed by atoms with Crippen LogP contribution in [0.2, 0.25) is 0 Å². The van der Waals surface area contributed by atoms with E-state index in [1.165, 1.54) is 25.3 Å². The number of rotatable bonds is 3. The summed E-state index contributed by atoms with van der Waals surface area (Å²) >= 11 is 3.29. The zero-order valence-corrected chi connectivity index (χ0v) is 13.7. The molecule has 0 aromatic heterocycles. The van der Waals surface area contributed by atoms with Gasteiger partial charge < -0.3 is 0 Å². The molecule has 0 unspecified atom stereocenters. The molecule has 4 bridgehead atoms. The fraction of sp³-hybridized carbons (Fsp3) is 0.611. The molecule has 0 atom stereocenters. The zero-order valence-electron chi connectivity index (χ0n) is 12.1. The quantitative estimate of drug-likeness (QED) is 0.756. The smallest absolute Gasteiger partial charge is 0.143 e. The minimum Gasteiger partial charge on any atom is -0.299 e. The number of halogens is 2. The number of ketones is 1. The predicted octanol–water partition coefficient (Wildman–Crippen LogP) is 4.92. The molecule has 21 heavy (non-hydrogen) atoms. The molecular formula is C18H20BrFO. The van der Waals surface area contributed by atoms with Crippen molar-refractivity contribution in [2.24, 2.45) is 23.2 Å². The largest absolute Gasteiger partial charge is 0.299 e. The van der Waals surface area contributed by atoms with Crippen LogP contribution in [0.15, 0.2) is 22.7 Å². The maximum atomic E-state index is 13.6. The van der Waals surface area contributed by atoms with Crippen LogP contribution < -0.4 is 0 Å². The molecule has 5 rings (SSSR count). The second-order valence-corrected chi connectivity index (χ2v) is 8.30. The Morgan fingerprint density at radius 1 is 1.14 bits per heavy atom. The van der Waals surface area contributed by atoms with E-state index in [0.717, 1.165) is 42.6 Å². The lowest BCUT2D eigenvalue weighted by Gasteiger charge is -2.56. The monoisotopic (exact) mass is 350 g/mol. The zero-order chi connectivity index (χ0) is 14.6. The minimum absolute atomic E-state index is 0.0828. The Hall–Kier alpha value is -0.700. The van der Waals surface area contributed by atoms with Crippen molar-refractivity contribution in [1.29, 1.82) is 0 Å². The van der Waals surface area contributed by atoms with Crippen LogP contribution in [-0.2, 0) is 11.2 Å². The van der Waals surface area contributed by atoms with E-state index in [1.807, 2.05) is 6.07 Å². The average Bonchev–Trinajstić information content (AvgIpc) is 2.42. The van der Waals surface area contributed by atoms with Gasteiger partial charge in [-0.15, -0.1) is 0 Å². The second-order valence-electron chi connectivity index (χ2n) is 7.51. The van der Waals surface area contributed by atoms with Gasteiger partial charge in [0.05, 0.1) is 4.47 Å². The summed E-state index contributed by atoms with van der Waals surface area (Å²) in [4.78, 5) is 13.0. The minimum atomic E-state index is -0.272. The molecule has 1 aromatic rings. The van der Waals surface area contributed by atoms with Crippen molar-refractivity contribution in [2.45, 2.75) is 44.9 Å². The Kier molecular flexibility index (Phi) is 3.25. The molecule has 0 aliphatic heterocycles. The van der Waals surface area contributed by atoms with E-state index in [-0.39, 0.29) is 11.2 Å². The third-order valence-corrected chi connectivity index (χ3v) is 6.90. The van der Waals surface area contributed by atoms with Crippen LogP contribution in [-0.4, -0.2) is 5.78 Å². The summed E-state index contributed by atoms with van der Waals surface area (Å²) in [5, 5.41) is 0. The first-order valence-corrected chi connectivity index (χ1v) is 8.81. The van der Waals surface area contributed by atoms with Gasteiger partial charge in [0.25, 0.3) is 0 Å². The molecule has 3 heteroatoms. The molecule has 0 spiro atoms. The predicted molar refractivity (Wildman–Crippen MR) is 83.4 cm³/mol. The van der Waals surface area contributed by atoms with Gasteiger partial charge in [0.15, 0.2) is 0 Å². The molecule has 4 saturated carbocycles. The molecule has 0 amide bonds. The summed E-state index contributed by atoms with van der Waals surface area (Å²) < 4.78 is 14.1. The topological polar surface area (TPSA) is 17.1 Å². The van der Waals surface area contributed by atoms with E-state index in [4.69, 9.17) is 0 Å². The van der Waals surface area contributed by atoms with E-state index in [2.05, 4.69) is 15.9 Å². The number of hydrogen-bond donors (Lipinski definition) is 0. The number of carbonyl (C=O) groups excluding carboxylic acids is 1. The first kappa shape index (κ1) is 13.9. The molecule has 4 fully saturated rings. The van der Waals surface area contributed by atoms with Crippen LogP contribution in [0.3, 0.4) is 0 Å². The maximum absolute atomic E-state index is 13.6. The van der Waals surface area contributed by atoms with Gasteiger partial charge in [-0.3, -0.25) is 4.79 Å². The number of carbonyl (C=O) groups is 1. The normalized spacial score (nSPS) is 37.0. The van der Waals surface area contributed by atoms with Gasteiger partial charge in [0.1, 0.15) is 11.6 Å². The average molecular weight is 351 g/mol. The third kappa shape index (κ3) is 2.28. The molecule has 112 valence electrons. The second kappa shape index (κ2) is 4.91. The molecule has 0 heterocycles. The molecule has 4 aliphatic rings. The van der Waals surface area contributed by atoms with Crippen molar-refractivity contribution in [2.75, 3.05) is 0 Å². The highest BCUT2D eigenvalue weighted by Crippen LogP contribution is 2.60. The Morgan fingerprint density at radius 2 is 1.71 bits per heavy atom. The molecule has 4 aliphatic carbocycles. The van der Waals surface area contributed by atoms with Crippen molar-refractivity contribution in [3.63, 3.8) is 0 Å². The summed E-state index contributed by atoms with van der Waals surface area (Å²) in [6, 6.07) is 5.00. The summed E-state index contributed by atoms with van der Waals surface area (Å²) in [6.07, 6.45) is 7.67. The van der Waals surface area contributed by atoms with E-state index in [1.54, 1.807) is 6.07 Å². The Morgan fingerprint density at radius 3 is 2.29 bits per heavy atom. The number of hydrogen-bond acceptors (Lipinski definition) is 1. The van der Waals surface area contributed by atoms with Gasteiger partial charge in [-0.2, -0.15) is 0 Å². The Bertz CT molecular complexity index is 560. The van der Waals surface area contributed by atoms with Crippen LogP contribution in [0, 0.1) is 29.0 Å². The molecule has 1 aromatic carbocycles. The van der Waals surface area contributed by atoms with Gasteiger partial charge in [0.2, 0.25) is 0 Å². The van der Waals surface area contributed by atoms with Crippen molar-refractivity contribution in [3.8, 4) is 0 Å². The molecule has 0 radical (unpaired) electrons. The number of Topliss-reactive ketones (excluding diaryl/α,β-unsaturated/α-hetero) is 1. The van der Waals surface area contributed by atoms with Crippen LogP contribution in [0.5, 0.6) is 0 Å². The first-order chi connectivity index (χ1) is 10.1. The molecule has 0 saturated heterocycles. The van der Waals surface area contributed by atoms with Crippen molar-refractivity contribution >= 4 is 21.7 Å². The van der Waals surface area contributed by atoms with E-state index in [9.17, 15) is 9.18 Å². The van der Waals surface area contributed by atoms with E-state index < -0.39 is 0 Å². The number of benzene rings is 1. The Labute approximate surface area is 133 Å². The van der Waals surface area contributed by atoms with Crippen molar-refractivity contribution < 1.29 is 9.18 Å². The summed E-state index contributed by atoms with van der Waals surface area (Å²) in [5.41, 5.74) is 0.719. The van der Waals surface area contributed by atoms with Gasteiger partial charge in [-0.25, -0.2) is 4.39 Å². The fourth-order valence-electron chi connectivity index (χ4n) is 5.50. The van der Waals surface area contributed by atoms with E-state index in [0.29, 0.717) is 16.7 Å². The van der Waals surface area contributed by atoms with Crippen molar-refractivity contribution in [3.05, 3.63) is 34.1 Å². The molecule has 0 N–H and O–H groups in total. The van der Waals surface area contributed by atoms with Crippen LogP contribution in [0.4, 0.5) is 4.39 Å². The lowest BCUT2D eigenvalue weighted by Crippen LogP contribution is -2.50. The summed E-state index contributed by atoms with van der Waals surface area (Å²) in [6.45, 7) is 0. The summed E-state index contributed by atoms with van der Waals surface area (Å²) in [7, 11) is 0. The van der Waals surface area contributed by atoms with Crippen LogP contribution in [0.1, 0.15) is 44.1 Å². The van der Waals surface area contributed by atoms with Crippen LogP contribution in [0.25, 0.3) is 0 Å². The van der Waals surface area contributed by atoms with E-state index >= 15 is 0 Å². The first-order valence-electron chi connectivity index (χ1n) is 8.02. The Balaban J connectivity index is 1.59. The van der Waals surface area contributed by atoms with Crippen molar-refractivity contribution in [1.82, 2.24) is 0 Å². The van der Waals surface area contributed by atoms with Gasteiger partial charge in [0, 0.05) is 11.8 Å². The molecule has 1 nitrogen and oxygen atoms in total. The molecular weight excluding hydrogens is 331 g/mol. The van der Waals surface area contributed by atoms with Gasteiger partial charge in [-0.05, 0) is 83.8 Å². The van der Waals surface area contributed by atoms with Gasteiger partial charge in [-0.1, -0.05) is 12.1 Å². The fourth-order valence-corrected chi connectivity index (χ4v) is 5.90. The maximum Gasteiger partial charge on any atom is 0.143 e. The van der Waals surface area contributed by atoms with Crippen LogP contribution >= 0.6 is 15.9 Å². The summed E-state index contributed by atoms with van der Waals surface area (Å²) in [5.74, 6) is 2.40. The highest BCUT2D eigenvalue weighted by molar-refractivity contribution is 9.10. The SMILES string of the molecule is O=C(Cc1cccc(F)c1Br)C12CC3CC(CC(C3)C1)C2. The standard InChI is InChI=1S/C18H20BrFO/c19-17-14(2-1-3-15(17)20)7-16(21)18-8-11-4-12(9-18)6-13(5-11)10-18/h1-3,11-13H,4-10H2. The highest BCUT2D eigenvalue weighted by atomic mass is 79.9. The van der Waals surface area contributed by atoms with Gasteiger partial charge >= 0.3 is 0 Å². The third-order valence-electron chi connectivity index (χ3n) is 6.01. The lowest BCUT2D eigenvalue weighted by molar-refractivity contribution is -0.143. The lowest BCUT2D eigenvalue weighted by atomic mass is 9.48. The highest BCUT2D eigenvalue weighted by Gasteiger charge is 2.54.